The first kappa shape index (κ1) is 8.31. The van der Waals surface area contributed by atoms with Crippen LogP contribution in [0.5, 0.6) is 0 Å². The average molecular weight is 201 g/mol. The third-order valence-corrected chi connectivity index (χ3v) is 3.77. The van der Waals surface area contributed by atoms with Gasteiger partial charge in [0.2, 0.25) is 4.77 Å². The minimum atomic E-state index is 0.549. The molecule has 1 fully saturated rings. The van der Waals surface area contributed by atoms with E-state index in [9.17, 15) is 0 Å². The fourth-order valence-electron chi connectivity index (χ4n) is 1.36. The normalized spacial score (nSPS) is 23.2. The Kier molecular flexibility index (Phi) is 2.23. The summed E-state index contributed by atoms with van der Waals surface area (Å²) in [7, 11) is 1.90. The van der Waals surface area contributed by atoms with Gasteiger partial charge >= 0.3 is 0 Å². The van der Waals surface area contributed by atoms with Gasteiger partial charge in [0.25, 0.3) is 0 Å². The molecule has 1 saturated heterocycles. The summed E-state index contributed by atoms with van der Waals surface area (Å²) in [6, 6.07) is 0. The van der Waals surface area contributed by atoms with Crippen molar-refractivity contribution in [2.45, 2.75) is 18.1 Å². The van der Waals surface area contributed by atoms with Gasteiger partial charge in [-0.15, -0.1) is 0 Å². The van der Waals surface area contributed by atoms with Crippen molar-refractivity contribution in [3.05, 3.63) is 10.6 Å². The van der Waals surface area contributed by atoms with Crippen LogP contribution in [0.15, 0.2) is 0 Å². The Bertz CT molecular complexity index is 322. The molecule has 0 saturated carbocycles. The van der Waals surface area contributed by atoms with Crippen LogP contribution in [-0.4, -0.2) is 20.5 Å². The summed E-state index contributed by atoms with van der Waals surface area (Å²) in [4.78, 5) is 4.29. The van der Waals surface area contributed by atoms with Crippen LogP contribution in [0, 0.1) is 4.77 Å². The van der Waals surface area contributed by atoms with Crippen molar-refractivity contribution in [2.75, 3.05) is 5.75 Å². The number of thioether (sulfide) groups is 1. The van der Waals surface area contributed by atoms with Gasteiger partial charge < -0.3 is 0 Å². The highest BCUT2D eigenvalue weighted by molar-refractivity contribution is 7.99. The lowest BCUT2D eigenvalue weighted by Crippen LogP contribution is -1.94. The number of aryl methyl sites for hydroxylation is 1. The van der Waals surface area contributed by atoms with Gasteiger partial charge in [0.05, 0.1) is 5.25 Å². The first-order valence-electron chi connectivity index (χ1n) is 4.02. The molecule has 0 amide bonds. The van der Waals surface area contributed by atoms with Gasteiger partial charge in [0.1, 0.15) is 5.82 Å². The summed E-state index contributed by atoms with van der Waals surface area (Å²) >= 11 is 6.99. The van der Waals surface area contributed by atoms with Crippen LogP contribution in [-0.2, 0) is 7.05 Å². The number of hydrogen-bond donors (Lipinski definition) is 1. The maximum atomic E-state index is 5.02. The van der Waals surface area contributed by atoms with Crippen LogP contribution in [0.4, 0.5) is 0 Å². The molecule has 2 rings (SSSR count). The Morgan fingerprint density at radius 2 is 2.58 bits per heavy atom. The minimum Gasteiger partial charge on any atom is -0.282 e. The predicted molar refractivity (Wildman–Crippen MR) is 52.8 cm³/mol. The van der Waals surface area contributed by atoms with E-state index in [0.717, 1.165) is 5.82 Å². The van der Waals surface area contributed by atoms with E-state index in [0.29, 0.717) is 10.0 Å². The number of aromatic nitrogens is 3. The molecule has 1 unspecified atom stereocenters. The number of rotatable bonds is 1. The zero-order chi connectivity index (χ0) is 8.55. The van der Waals surface area contributed by atoms with Crippen LogP contribution in [0.2, 0.25) is 0 Å². The Morgan fingerprint density at radius 3 is 3.08 bits per heavy atom. The zero-order valence-electron chi connectivity index (χ0n) is 6.91. The molecule has 1 aliphatic heterocycles. The SMILES string of the molecule is Cn1[nH]c(C2CCCS2)nc1=S. The molecule has 0 radical (unpaired) electrons. The summed E-state index contributed by atoms with van der Waals surface area (Å²) in [5.41, 5.74) is 0. The maximum Gasteiger partial charge on any atom is 0.215 e. The van der Waals surface area contributed by atoms with E-state index in [1.165, 1.54) is 18.6 Å². The topological polar surface area (TPSA) is 33.6 Å². The highest BCUT2D eigenvalue weighted by Gasteiger charge is 2.20. The molecule has 0 aromatic carbocycles. The summed E-state index contributed by atoms with van der Waals surface area (Å²) < 4.78 is 2.45. The molecule has 12 heavy (non-hydrogen) atoms. The molecule has 1 aliphatic rings. The van der Waals surface area contributed by atoms with E-state index in [4.69, 9.17) is 12.2 Å². The quantitative estimate of drug-likeness (QED) is 0.706. The fraction of sp³-hybridized carbons (Fsp3) is 0.714. The van der Waals surface area contributed by atoms with Gasteiger partial charge in [-0.2, -0.15) is 11.8 Å². The van der Waals surface area contributed by atoms with Gasteiger partial charge in [-0.3, -0.25) is 9.78 Å². The van der Waals surface area contributed by atoms with Crippen molar-refractivity contribution >= 4 is 24.0 Å². The molecule has 0 bridgehead atoms. The van der Waals surface area contributed by atoms with E-state index in [1.807, 2.05) is 18.8 Å². The molecule has 5 heteroatoms. The number of aromatic amines is 1. The number of nitrogens with one attached hydrogen (secondary N) is 1. The lowest BCUT2D eigenvalue weighted by atomic mass is 10.2. The van der Waals surface area contributed by atoms with E-state index >= 15 is 0 Å². The third-order valence-electron chi connectivity index (χ3n) is 2.02. The van der Waals surface area contributed by atoms with E-state index in [2.05, 4.69) is 10.1 Å². The number of hydrogen-bond acceptors (Lipinski definition) is 3. The predicted octanol–water partition coefficient (Wildman–Crippen LogP) is 2.05. The molecule has 66 valence electrons. The van der Waals surface area contributed by atoms with Gasteiger partial charge in [0, 0.05) is 7.05 Å². The highest BCUT2D eigenvalue weighted by atomic mass is 32.2. The third kappa shape index (κ3) is 1.43. The molecule has 1 N–H and O–H groups in total. The van der Waals surface area contributed by atoms with Crippen LogP contribution in [0.1, 0.15) is 23.9 Å². The second kappa shape index (κ2) is 3.22. The van der Waals surface area contributed by atoms with Crippen molar-refractivity contribution in [1.29, 1.82) is 0 Å². The lowest BCUT2D eigenvalue weighted by molar-refractivity contribution is 0.714. The van der Waals surface area contributed by atoms with Crippen molar-refractivity contribution in [3.63, 3.8) is 0 Å². The molecule has 0 spiro atoms. The molecule has 3 nitrogen and oxygen atoms in total. The first-order chi connectivity index (χ1) is 5.77. The largest absolute Gasteiger partial charge is 0.282 e. The summed E-state index contributed by atoms with van der Waals surface area (Å²) in [6.45, 7) is 0. The number of H-pyrrole nitrogens is 1. The molecular weight excluding hydrogens is 190 g/mol. The molecule has 1 atom stereocenters. The van der Waals surface area contributed by atoms with Crippen molar-refractivity contribution in [1.82, 2.24) is 14.8 Å². The summed E-state index contributed by atoms with van der Waals surface area (Å²) in [5.74, 6) is 2.30. The lowest BCUT2D eigenvalue weighted by Gasteiger charge is -2.01. The molecule has 0 aliphatic carbocycles. The Hall–Kier alpha value is -0.290. The highest BCUT2D eigenvalue weighted by Crippen LogP contribution is 2.37. The maximum absolute atomic E-state index is 5.02. The van der Waals surface area contributed by atoms with Crippen LogP contribution >= 0.6 is 24.0 Å². The molecule has 2 heterocycles. The molecular formula is C7H11N3S2. The summed E-state index contributed by atoms with van der Waals surface area (Å²) in [6.07, 6.45) is 2.53. The Balaban J connectivity index is 2.27. The number of nitrogens with zero attached hydrogens (tertiary/aromatic N) is 2. The standard InChI is InChI=1S/C7H11N3S2/c1-10-7(11)8-6(9-10)5-3-2-4-12-5/h5H,2-4H2,1H3,(H,8,9,11). The first-order valence-corrected chi connectivity index (χ1v) is 5.47. The van der Waals surface area contributed by atoms with E-state index in [1.54, 1.807) is 4.68 Å². The van der Waals surface area contributed by atoms with Crippen molar-refractivity contribution in [2.24, 2.45) is 7.05 Å². The van der Waals surface area contributed by atoms with Crippen molar-refractivity contribution in [3.8, 4) is 0 Å². The van der Waals surface area contributed by atoms with Gasteiger partial charge in [0.15, 0.2) is 0 Å². The van der Waals surface area contributed by atoms with Gasteiger partial charge in [-0.1, -0.05) is 0 Å². The summed E-state index contributed by atoms with van der Waals surface area (Å²) in [5, 5.41) is 3.72. The fourth-order valence-corrected chi connectivity index (χ4v) is 2.72. The monoisotopic (exact) mass is 201 g/mol. The van der Waals surface area contributed by atoms with Crippen LogP contribution in [0.3, 0.4) is 0 Å². The minimum absolute atomic E-state index is 0.549. The van der Waals surface area contributed by atoms with Crippen LogP contribution in [0.25, 0.3) is 0 Å². The van der Waals surface area contributed by atoms with E-state index < -0.39 is 0 Å². The molecule has 1 aromatic rings. The van der Waals surface area contributed by atoms with Gasteiger partial charge in [-0.25, -0.2) is 4.98 Å². The second-order valence-electron chi connectivity index (χ2n) is 2.95. The van der Waals surface area contributed by atoms with E-state index in [-0.39, 0.29) is 0 Å². The Labute approximate surface area is 80.6 Å². The van der Waals surface area contributed by atoms with Crippen LogP contribution < -0.4 is 0 Å². The smallest absolute Gasteiger partial charge is 0.215 e. The Morgan fingerprint density at radius 1 is 1.75 bits per heavy atom. The van der Waals surface area contributed by atoms with Crippen molar-refractivity contribution < 1.29 is 0 Å². The zero-order valence-corrected chi connectivity index (χ0v) is 8.54. The molecule has 1 aromatic heterocycles. The average Bonchev–Trinajstić information content (AvgIpc) is 2.61. The van der Waals surface area contributed by atoms with Gasteiger partial charge in [-0.05, 0) is 30.8 Å². The second-order valence-corrected chi connectivity index (χ2v) is 4.63.